The lowest BCUT2D eigenvalue weighted by Gasteiger charge is -2.19. The molecule has 1 atom stereocenters. The van der Waals surface area contributed by atoms with Crippen LogP contribution in [0.1, 0.15) is 29.5 Å². The second-order valence-electron chi connectivity index (χ2n) is 5.33. The summed E-state index contributed by atoms with van der Waals surface area (Å²) in [5.74, 6) is 0.136. The van der Waals surface area contributed by atoms with Gasteiger partial charge in [0.25, 0.3) is 0 Å². The van der Waals surface area contributed by atoms with E-state index in [9.17, 15) is 4.39 Å². The van der Waals surface area contributed by atoms with Gasteiger partial charge in [-0.15, -0.1) is 0 Å². The third-order valence-electron chi connectivity index (χ3n) is 3.76. The molecule has 0 fully saturated rings. The Bertz CT molecular complexity index is 580. The van der Waals surface area contributed by atoms with Crippen molar-refractivity contribution in [2.24, 2.45) is 0 Å². The summed E-state index contributed by atoms with van der Waals surface area (Å²) in [6, 6.07) is 12.9. The molecule has 112 valence electrons. The Labute approximate surface area is 131 Å². The highest BCUT2D eigenvalue weighted by atomic mass is 35.5. The smallest absolute Gasteiger partial charge is 0.123 e. The molecule has 0 amide bonds. The normalized spacial score (nSPS) is 12.4. The molecule has 1 unspecified atom stereocenters. The minimum absolute atomic E-state index is 0.172. The third-order valence-corrected chi connectivity index (χ3v) is 4.01. The van der Waals surface area contributed by atoms with Gasteiger partial charge in [-0.25, -0.2) is 4.39 Å². The standard InChI is InChI=1S/C18H21ClFN/c1-3-21-12-16(14-5-7-17(19)8-6-14)10-15-11-18(20)9-4-13(15)2/h4-9,11,16,21H,3,10,12H2,1-2H3. The van der Waals surface area contributed by atoms with E-state index in [0.29, 0.717) is 5.92 Å². The minimum Gasteiger partial charge on any atom is -0.316 e. The Morgan fingerprint density at radius 2 is 1.86 bits per heavy atom. The molecule has 0 saturated carbocycles. The third kappa shape index (κ3) is 4.55. The number of aryl methyl sites for hydroxylation is 1. The summed E-state index contributed by atoms with van der Waals surface area (Å²) in [6.45, 7) is 5.91. The lowest BCUT2D eigenvalue weighted by Crippen LogP contribution is -2.23. The maximum absolute atomic E-state index is 13.5. The first-order valence-corrected chi connectivity index (χ1v) is 7.69. The van der Waals surface area contributed by atoms with Gasteiger partial charge < -0.3 is 5.32 Å². The van der Waals surface area contributed by atoms with E-state index in [-0.39, 0.29) is 5.82 Å². The van der Waals surface area contributed by atoms with Crippen molar-refractivity contribution in [3.63, 3.8) is 0 Å². The molecule has 0 aliphatic heterocycles. The van der Waals surface area contributed by atoms with Crippen molar-refractivity contribution in [1.82, 2.24) is 5.32 Å². The van der Waals surface area contributed by atoms with Crippen LogP contribution in [0.25, 0.3) is 0 Å². The average Bonchev–Trinajstić information content (AvgIpc) is 2.48. The van der Waals surface area contributed by atoms with E-state index < -0.39 is 0 Å². The summed E-state index contributed by atoms with van der Waals surface area (Å²) in [7, 11) is 0. The van der Waals surface area contributed by atoms with Crippen molar-refractivity contribution in [2.75, 3.05) is 13.1 Å². The van der Waals surface area contributed by atoms with Crippen LogP contribution in [0.5, 0.6) is 0 Å². The predicted molar refractivity (Wildman–Crippen MR) is 87.6 cm³/mol. The first-order chi connectivity index (χ1) is 10.1. The van der Waals surface area contributed by atoms with Crippen LogP contribution in [0.3, 0.4) is 0 Å². The highest BCUT2D eigenvalue weighted by Gasteiger charge is 2.14. The molecule has 1 N–H and O–H groups in total. The average molecular weight is 306 g/mol. The van der Waals surface area contributed by atoms with Crippen molar-refractivity contribution in [1.29, 1.82) is 0 Å². The van der Waals surface area contributed by atoms with E-state index in [1.54, 1.807) is 6.07 Å². The molecule has 1 nitrogen and oxygen atoms in total. The van der Waals surface area contributed by atoms with E-state index in [2.05, 4.69) is 24.4 Å². The first-order valence-electron chi connectivity index (χ1n) is 7.31. The molecule has 0 aliphatic carbocycles. The molecule has 21 heavy (non-hydrogen) atoms. The fourth-order valence-corrected chi connectivity index (χ4v) is 2.61. The van der Waals surface area contributed by atoms with Gasteiger partial charge in [0, 0.05) is 17.5 Å². The minimum atomic E-state index is -0.172. The summed E-state index contributed by atoms with van der Waals surface area (Å²) in [5, 5.41) is 4.13. The zero-order valence-corrected chi connectivity index (χ0v) is 13.3. The molecule has 0 spiro atoms. The topological polar surface area (TPSA) is 12.0 Å². The molecule has 0 saturated heterocycles. The monoisotopic (exact) mass is 305 g/mol. The Kier molecular flexibility index (Phi) is 5.77. The number of hydrogen-bond acceptors (Lipinski definition) is 1. The SMILES string of the molecule is CCNCC(Cc1cc(F)ccc1C)c1ccc(Cl)cc1. The largest absolute Gasteiger partial charge is 0.316 e. The summed E-state index contributed by atoms with van der Waals surface area (Å²) >= 11 is 5.96. The summed E-state index contributed by atoms with van der Waals surface area (Å²) < 4.78 is 13.5. The molecule has 3 heteroatoms. The van der Waals surface area contributed by atoms with Crippen LogP contribution in [0.4, 0.5) is 4.39 Å². The van der Waals surface area contributed by atoms with Crippen molar-refractivity contribution in [3.8, 4) is 0 Å². The van der Waals surface area contributed by atoms with Crippen LogP contribution in [0.15, 0.2) is 42.5 Å². The molecular weight excluding hydrogens is 285 g/mol. The van der Waals surface area contributed by atoms with Gasteiger partial charge in [0.15, 0.2) is 0 Å². The van der Waals surface area contributed by atoms with Gasteiger partial charge in [0.05, 0.1) is 0 Å². The number of rotatable bonds is 6. The Morgan fingerprint density at radius 1 is 1.14 bits per heavy atom. The quantitative estimate of drug-likeness (QED) is 0.814. The van der Waals surface area contributed by atoms with Crippen LogP contribution < -0.4 is 5.32 Å². The summed E-state index contributed by atoms with van der Waals surface area (Å²) in [4.78, 5) is 0. The second kappa shape index (κ2) is 7.58. The van der Waals surface area contributed by atoms with Gasteiger partial charge in [-0.3, -0.25) is 0 Å². The summed E-state index contributed by atoms with van der Waals surface area (Å²) in [6.07, 6.45) is 0.818. The van der Waals surface area contributed by atoms with Gasteiger partial charge in [0.1, 0.15) is 5.82 Å². The second-order valence-corrected chi connectivity index (χ2v) is 5.77. The predicted octanol–water partition coefficient (Wildman–Crippen LogP) is 4.72. The van der Waals surface area contributed by atoms with E-state index in [1.807, 2.05) is 25.1 Å². The van der Waals surface area contributed by atoms with Gasteiger partial charge in [0.2, 0.25) is 0 Å². The zero-order valence-electron chi connectivity index (χ0n) is 12.5. The molecule has 0 radical (unpaired) electrons. The van der Waals surface area contributed by atoms with Gasteiger partial charge in [-0.05, 0) is 60.8 Å². The highest BCUT2D eigenvalue weighted by molar-refractivity contribution is 6.30. The number of likely N-dealkylation sites (N-methyl/N-ethyl adjacent to an activating group) is 1. The van der Waals surface area contributed by atoms with Crippen LogP contribution in [0.2, 0.25) is 5.02 Å². The molecule has 0 heterocycles. The van der Waals surface area contributed by atoms with Gasteiger partial charge in [-0.1, -0.05) is 36.7 Å². The summed E-state index contributed by atoms with van der Waals surface area (Å²) in [5.41, 5.74) is 3.42. The molecule has 0 bridgehead atoms. The highest BCUT2D eigenvalue weighted by Crippen LogP contribution is 2.24. The van der Waals surface area contributed by atoms with Crippen LogP contribution in [-0.4, -0.2) is 13.1 Å². The van der Waals surface area contributed by atoms with E-state index >= 15 is 0 Å². The Hall–Kier alpha value is -1.38. The van der Waals surface area contributed by atoms with Crippen molar-refractivity contribution in [2.45, 2.75) is 26.2 Å². The lowest BCUT2D eigenvalue weighted by molar-refractivity contribution is 0.587. The fourth-order valence-electron chi connectivity index (χ4n) is 2.49. The zero-order chi connectivity index (χ0) is 15.2. The fraction of sp³-hybridized carbons (Fsp3) is 0.333. The number of benzene rings is 2. The van der Waals surface area contributed by atoms with E-state index in [4.69, 9.17) is 11.6 Å². The van der Waals surface area contributed by atoms with Crippen LogP contribution in [0, 0.1) is 12.7 Å². The van der Waals surface area contributed by atoms with Crippen molar-refractivity contribution < 1.29 is 4.39 Å². The molecule has 0 aromatic heterocycles. The van der Waals surface area contributed by atoms with E-state index in [0.717, 1.165) is 35.7 Å². The lowest BCUT2D eigenvalue weighted by atomic mass is 9.90. The first kappa shape index (κ1) is 16.0. The maximum atomic E-state index is 13.5. The maximum Gasteiger partial charge on any atom is 0.123 e. The molecule has 2 aromatic carbocycles. The Morgan fingerprint density at radius 3 is 2.52 bits per heavy atom. The molecule has 2 aromatic rings. The number of halogens is 2. The van der Waals surface area contributed by atoms with Crippen molar-refractivity contribution in [3.05, 3.63) is 70.0 Å². The number of nitrogens with one attached hydrogen (secondary N) is 1. The van der Waals surface area contributed by atoms with Crippen LogP contribution >= 0.6 is 11.6 Å². The molecule has 2 rings (SSSR count). The van der Waals surface area contributed by atoms with Crippen molar-refractivity contribution >= 4 is 11.6 Å². The van der Waals surface area contributed by atoms with Gasteiger partial charge >= 0.3 is 0 Å². The Balaban J connectivity index is 2.23. The van der Waals surface area contributed by atoms with Gasteiger partial charge in [-0.2, -0.15) is 0 Å². The van der Waals surface area contributed by atoms with E-state index in [1.165, 1.54) is 11.6 Å². The molecule has 0 aliphatic rings. The van der Waals surface area contributed by atoms with Crippen LogP contribution in [-0.2, 0) is 6.42 Å². The number of hydrogen-bond donors (Lipinski definition) is 1. The molecular formula is C18H21ClFN.